The van der Waals surface area contributed by atoms with Crippen molar-refractivity contribution in [2.45, 2.75) is 0 Å². The molecule has 0 saturated heterocycles. The van der Waals surface area contributed by atoms with Crippen LogP contribution in [0.15, 0.2) is 36.4 Å². The largest absolute Gasteiger partial charge is 0.506 e. The molecule has 0 aliphatic carbocycles. The SMILES string of the molecule is COc1cccc(OC)c1C(=O)Nc1ccc(C(=O)O)cc1O. The molecule has 0 saturated carbocycles. The monoisotopic (exact) mass is 317 g/mol. The van der Waals surface area contributed by atoms with Gasteiger partial charge in [-0.25, -0.2) is 4.79 Å². The molecule has 23 heavy (non-hydrogen) atoms. The molecule has 0 radical (unpaired) electrons. The van der Waals surface area contributed by atoms with E-state index in [0.29, 0.717) is 11.5 Å². The summed E-state index contributed by atoms with van der Waals surface area (Å²) in [5, 5.41) is 21.2. The molecule has 0 unspecified atom stereocenters. The molecule has 2 aromatic carbocycles. The lowest BCUT2D eigenvalue weighted by Crippen LogP contribution is -2.15. The normalized spacial score (nSPS) is 10.0. The molecule has 0 aliphatic heterocycles. The highest BCUT2D eigenvalue weighted by molar-refractivity contribution is 6.09. The summed E-state index contributed by atoms with van der Waals surface area (Å²) in [6.45, 7) is 0. The number of phenols is 1. The molecule has 0 spiro atoms. The van der Waals surface area contributed by atoms with Crippen LogP contribution in [0.5, 0.6) is 17.2 Å². The van der Waals surface area contributed by atoms with Crippen LogP contribution < -0.4 is 14.8 Å². The molecule has 0 fully saturated rings. The maximum Gasteiger partial charge on any atom is 0.335 e. The van der Waals surface area contributed by atoms with Crippen molar-refractivity contribution in [2.75, 3.05) is 19.5 Å². The lowest BCUT2D eigenvalue weighted by atomic mass is 10.1. The van der Waals surface area contributed by atoms with Crippen molar-refractivity contribution in [3.05, 3.63) is 47.5 Å². The molecule has 2 aromatic rings. The van der Waals surface area contributed by atoms with Gasteiger partial charge in [0, 0.05) is 0 Å². The van der Waals surface area contributed by atoms with Crippen LogP contribution in [0.4, 0.5) is 5.69 Å². The van der Waals surface area contributed by atoms with Gasteiger partial charge in [-0.05, 0) is 30.3 Å². The number of carboxylic acids is 1. The molecule has 7 heteroatoms. The minimum absolute atomic E-state index is 0.0768. The molecule has 0 atom stereocenters. The number of carboxylic acid groups (broad SMARTS) is 1. The van der Waals surface area contributed by atoms with Crippen molar-refractivity contribution in [1.29, 1.82) is 0 Å². The molecule has 3 N–H and O–H groups in total. The first-order valence-corrected chi connectivity index (χ1v) is 6.56. The number of ether oxygens (including phenoxy) is 2. The van der Waals surface area contributed by atoms with Crippen LogP contribution in [-0.4, -0.2) is 36.3 Å². The number of nitrogens with one attached hydrogen (secondary N) is 1. The van der Waals surface area contributed by atoms with Crippen LogP contribution in [0.25, 0.3) is 0 Å². The Morgan fingerprint density at radius 2 is 1.65 bits per heavy atom. The number of amides is 1. The van der Waals surface area contributed by atoms with E-state index < -0.39 is 11.9 Å². The number of anilines is 1. The smallest absolute Gasteiger partial charge is 0.335 e. The van der Waals surface area contributed by atoms with Crippen LogP contribution in [0.3, 0.4) is 0 Å². The first-order chi connectivity index (χ1) is 11.0. The third kappa shape index (κ3) is 3.34. The zero-order chi connectivity index (χ0) is 17.0. The molecule has 7 nitrogen and oxygen atoms in total. The summed E-state index contributed by atoms with van der Waals surface area (Å²) < 4.78 is 10.3. The summed E-state index contributed by atoms with van der Waals surface area (Å²) in [5.41, 5.74) is 0.155. The minimum atomic E-state index is -1.18. The molecule has 0 aromatic heterocycles. The van der Waals surface area contributed by atoms with Gasteiger partial charge in [-0.15, -0.1) is 0 Å². The summed E-state index contributed by atoms with van der Waals surface area (Å²) in [6, 6.07) is 8.51. The van der Waals surface area contributed by atoms with Crippen LogP contribution in [0.2, 0.25) is 0 Å². The van der Waals surface area contributed by atoms with Gasteiger partial charge in [-0.2, -0.15) is 0 Å². The third-order valence-corrected chi connectivity index (χ3v) is 3.15. The fraction of sp³-hybridized carbons (Fsp3) is 0.125. The molecular weight excluding hydrogens is 302 g/mol. The van der Waals surface area contributed by atoms with Gasteiger partial charge in [0.15, 0.2) is 0 Å². The second-order valence-corrected chi connectivity index (χ2v) is 4.53. The number of carbonyl (C=O) groups is 2. The van der Waals surface area contributed by atoms with Gasteiger partial charge in [-0.3, -0.25) is 4.79 Å². The van der Waals surface area contributed by atoms with Gasteiger partial charge in [0.2, 0.25) is 0 Å². The number of methoxy groups -OCH3 is 2. The lowest BCUT2D eigenvalue weighted by molar-refractivity contribution is 0.0696. The topological polar surface area (TPSA) is 105 Å². The summed E-state index contributed by atoms with van der Waals surface area (Å²) >= 11 is 0. The molecule has 0 heterocycles. The zero-order valence-electron chi connectivity index (χ0n) is 12.5. The number of carbonyl (C=O) groups excluding carboxylic acids is 1. The summed E-state index contributed by atoms with van der Waals surface area (Å²) in [5.74, 6) is -1.47. The number of phenolic OH excluding ortho intramolecular Hbond substituents is 1. The number of benzene rings is 2. The van der Waals surface area contributed by atoms with Crippen molar-refractivity contribution in [2.24, 2.45) is 0 Å². The molecule has 2 rings (SSSR count). The van der Waals surface area contributed by atoms with E-state index in [0.717, 1.165) is 6.07 Å². The van der Waals surface area contributed by atoms with Gasteiger partial charge >= 0.3 is 5.97 Å². The van der Waals surface area contributed by atoms with E-state index in [1.165, 1.54) is 26.4 Å². The van der Waals surface area contributed by atoms with Gasteiger partial charge in [0.25, 0.3) is 5.91 Å². The number of aromatic hydroxyl groups is 1. The predicted molar refractivity (Wildman–Crippen MR) is 82.6 cm³/mol. The van der Waals surface area contributed by atoms with Crippen LogP contribution in [0.1, 0.15) is 20.7 Å². The van der Waals surface area contributed by atoms with Crippen LogP contribution in [0, 0.1) is 0 Å². The second-order valence-electron chi connectivity index (χ2n) is 4.53. The number of hydrogen-bond acceptors (Lipinski definition) is 5. The van der Waals surface area contributed by atoms with Crippen LogP contribution in [-0.2, 0) is 0 Å². The fourth-order valence-corrected chi connectivity index (χ4v) is 2.03. The average Bonchev–Trinajstić information content (AvgIpc) is 2.55. The highest BCUT2D eigenvalue weighted by atomic mass is 16.5. The Morgan fingerprint density at radius 3 is 2.13 bits per heavy atom. The van der Waals surface area contributed by atoms with E-state index in [1.807, 2.05) is 0 Å². The zero-order valence-corrected chi connectivity index (χ0v) is 12.5. The van der Waals surface area contributed by atoms with Crippen molar-refractivity contribution >= 4 is 17.6 Å². The molecular formula is C16H15NO6. The second kappa shape index (κ2) is 6.69. The Balaban J connectivity index is 2.35. The maximum absolute atomic E-state index is 12.4. The minimum Gasteiger partial charge on any atom is -0.506 e. The Labute approximate surface area is 132 Å². The summed E-state index contributed by atoms with van der Waals surface area (Å²) in [4.78, 5) is 23.3. The van der Waals surface area contributed by atoms with E-state index in [1.54, 1.807) is 18.2 Å². The van der Waals surface area contributed by atoms with Crippen LogP contribution >= 0.6 is 0 Å². The Bertz CT molecular complexity index is 734. The number of rotatable bonds is 5. The van der Waals surface area contributed by atoms with Gasteiger partial charge in [-0.1, -0.05) is 6.07 Å². The van der Waals surface area contributed by atoms with E-state index in [9.17, 15) is 14.7 Å². The first kappa shape index (κ1) is 16.2. The lowest BCUT2D eigenvalue weighted by Gasteiger charge is -2.13. The van der Waals surface area contributed by atoms with E-state index >= 15 is 0 Å². The van der Waals surface area contributed by atoms with E-state index in [-0.39, 0.29) is 22.6 Å². The number of aromatic carboxylic acids is 1. The standard InChI is InChI=1S/C16H15NO6/c1-22-12-4-3-5-13(23-2)14(12)15(19)17-10-7-6-9(16(20)21)8-11(10)18/h3-8,18H,1-2H3,(H,17,19)(H,20,21). The predicted octanol–water partition coefficient (Wildman–Crippen LogP) is 2.36. The van der Waals surface area contributed by atoms with E-state index in [4.69, 9.17) is 14.6 Å². The Kier molecular flexibility index (Phi) is 4.70. The third-order valence-electron chi connectivity index (χ3n) is 3.15. The van der Waals surface area contributed by atoms with Gasteiger partial charge in [0.1, 0.15) is 22.8 Å². The molecule has 0 bridgehead atoms. The first-order valence-electron chi connectivity index (χ1n) is 6.56. The van der Waals surface area contributed by atoms with Crippen molar-refractivity contribution < 1.29 is 29.3 Å². The molecule has 1 amide bonds. The molecule has 0 aliphatic rings. The summed E-state index contributed by atoms with van der Waals surface area (Å²) in [7, 11) is 2.84. The quantitative estimate of drug-likeness (QED) is 0.731. The van der Waals surface area contributed by atoms with Gasteiger partial charge in [0.05, 0.1) is 25.5 Å². The maximum atomic E-state index is 12.4. The highest BCUT2D eigenvalue weighted by Crippen LogP contribution is 2.31. The summed E-state index contributed by atoms with van der Waals surface area (Å²) in [6.07, 6.45) is 0. The Hall–Kier alpha value is -3.22. The Morgan fingerprint density at radius 1 is 1.04 bits per heavy atom. The van der Waals surface area contributed by atoms with Gasteiger partial charge < -0.3 is 25.0 Å². The molecule has 120 valence electrons. The average molecular weight is 317 g/mol. The number of hydrogen-bond donors (Lipinski definition) is 3. The van der Waals surface area contributed by atoms with E-state index in [2.05, 4.69) is 5.32 Å². The van der Waals surface area contributed by atoms with Crippen molar-refractivity contribution in [1.82, 2.24) is 0 Å². The fourth-order valence-electron chi connectivity index (χ4n) is 2.03. The van der Waals surface area contributed by atoms with Crippen molar-refractivity contribution in [3.63, 3.8) is 0 Å². The van der Waals surface area contributed by atoms with Crippen molar-refractivity contribution in [3.8, 4) is 17.2 Å². The highest BCUT2D eigenvalue weighted by Gasteiger charge is 2.19.